The van der Waals surface area contributed by atoms with Gasteiger partial charge in [0.05, 0.1) is 37.2 Å². The Labute approximate surface area is 195 Å². The summed E-state index contributed by atoms with van der Waals surface area (Å²) in [7, 11) is 0. The first-order chi connectivity index (χ1) is 15.2. The molecule has 0 N–H and O–H groups in total. The average molecular weight is 495 g/mol. The van der Waals surface area contributed by atoms with Crippen molar-refractivity contribution in [1.82, 2.24) is 4.57 Å². The van der Waals surface area contributed by atoms with Crippen LogP contribution in [0.2, 0.25) is 10.0 Å². The van der Waals surface area contributed by atoms with Gasteiger partial charge in [-0.05, 0) is 25.5 Å². The lowest BCUT2D eigenvalue weighted by molar-refractivity contribution is -0.394. The quantitative estimate of drug-likeness (QED) is 0.323. The predicted octanol–water partition coefficient (Wildman–Crippen LogP) is 5.66. The van der Waals surface area contributed by atoms with Crippen molar-refractivity contribution in [3.63, 3.8) is 0 Å². The zero-order valence-electron chi connectivity index (χ0n) is 16.9. The van der Waals surface area contributed by atoms with E-state index in [0.717, 1.165) is 34.3 Å². The summed E-state index contributed by atoms with van der Waals surface area (Å²) in [6.07, 6.45) is 0.659. The Morgan fingerprint density at radius 1 is 1.03 bits per heavy atom. The van der Waals surface area contributed by atoms with Gasteiger partial charge in [0.15, 0.2) is 4.80 Å². The van der Waals surface area contributed by atoms with Gasteiger partial charge in [-0.25, -0.2) is 0 Å². The van der Waals surface area contributed by atoms with Gasteiger partial charge in [0.1, 0.15) is 0 Å². The number of aryl methyl sites for hydroxylation is 1. The molecule has 166 valence electrons. The third kappa shape index (κ3) is 4.72. The van der Waals surface area contributed by atoms with Crippen LogP contribution in [0.15, 0.2) is 41.4 Å². The zero-order chi connectivity index (χ0) is 23.6. The smallest absolute Gasteiger partial charge is 0.280 e. The fourth-order valence-corrected chi connectivity index (χ4v) is 4.56. The molecule has 1 heterocycles. The summed E-state index contributed by atoms with van der Waals surface area (Å²) in [4.78, 5) is 38.9. The molecule has 2 aromatic carbocycles. The molecule has 0 aliphatic rings. The zero-order valence-corrected chi connectivity index (χ0v) is 19.2. The monoisotopic (exact) mass is 494 g/mol. The van der Waals surface area contributed by atoms with Gasteiger partial charge in [-0.15, -0.1) is 11.3 Å². The van der Waals surface area contributed by atoms with Crippen molar-refractivity contribution in [2.45, 2.75) is 26.8 Å². The number of carbonyl (C=O) groups is 1. The summed E-state index contributed by atoms with van der Waals surface area (Å²) < 4.78 is 1.83. The molecule has 0 atom stereocenters. The highest BCUT2D eigenvalue weighted by Gasteiger charge is 2.21. The van der Waals surface area contributed by atoms with Crippen LogP contribution < -0.4 is 4.80 Å². The third-order valence-corrected chi connectivity index (χ3v) is 6.54. The summed E-state index contributed by atoms with van der Waals surface area (Å²) in [6.45, 7) is 4.32. The van der Waals surface area contributed by atoms with Gasteiger partial charge in [-0.1, -0.05) is 36.2 Å². The summed E-state index contributed by atoms with van der Waals surface area (Å²) in [5, 5.41) is 23.0. The van der Waals surface area contributed by atoms with E-state index in [0.29, 0.717) is 27.8 Å². The van der Waals surface area contributed by atoms with Crippen molar-refractivity contribution in [2.75, 3.05) is 0 Å². The minimum Gasteiger partial charge on any atom is -0.316 e. The number of hydrogen-bond acceptors (Lipinski definition) is 6. The van der Waals surface area contributed by atoms with Crippen LogP contribution in [-0.2, 0) is 13.0 Å². The second-order valence-electron chi connectivity index (χ2n) is 6.55. The normalized spacial score (nSPS) is 11.6. The molecule has 1 aromatic heterocycles. The van der Waals surface area contributed by atoms with Crippen LogP contribution in [0.25, 0.3) is 11.3 Å². The highest BCUT2D eigenvalue weighted by atomic mass is 35.5. The molecule has 0 bridgehead atoms. The van der Waals surface area contributed by atoms with Gasteiger partial charge >= 0.3 is 0 Å². The maximum absolute atomic E-state index is 12.8. The van der Waals surface area contributed by atoms with E-state index in [1.54, 1.807) is 12.1 Å². The van der Waals surface area contributed by atoms with E-state index in [1.165, 1.54) is 11.3 Å². The average Bonchev–Trinajstić information content (AvgIpc) is 3.12. The van der Waals surface area contributed by atoms with Crippen LogP contribution in [0, 0.1) is 20.2 Å². The topological polar surface area (TPSA) is 121 Å². The number of carbonyl (C=O) groups excluding carboxylic acids is 1. The van der Waals surface area contributed by atoms with Crippen LogP contribution >= 0.6 is 34.5 Å². The molecule has 3 rings (SSSR count). The molecule has 0 fully saturated rings. The molecular formula is C20H16Cl2N4O5S. The second-order valence-corrected chi connectivity index (χ2v) is 8.43. The van der Waals surface area contributed by atoms with Crippen molar-refractivity contribution < 1.29 is 14.6 Å². The van der Waals surface area contributed by atoms with E-state index in [9.17, 15) is 25.0 Å². The lowest BCUT2D eigenvalue weighted by atomic mass is 10.1. The number of nitro groups is 2. The number of hydrogen-bond donors (Lipinski definition) is 0. The lowest BCUT2D eigenvalue weighted by Gasteiger charge is -2.09. The van der Waals surface area contributed by atoms with Gasteiger partial charge in [0.25, 0.3) is 17.3 Å². The van der Waals surface area contributed by atoms with Crippen LogP contribution in [-0.4, -0.2) is 20.3 Å². The number of nitrogens with zero attached hydrogens (tertiary/aromatic N) is 4. The summed E-state index contributed by atoms with van der Waals surface area (Å²) >= 11 is 13.5. The molecule has 0 unspecified atom stereocenters. The van der Waals surface area contributed by atoms with Crippen molar-refractivity contribution in [2.24, 2.45) is 4.99 Å². The molecule has 3 aromatic rings. The molecule has 0 aliphatic carbocycles. The van der Waals surface area contributed by atoms with Crippen molar-refractivity contribution in [1.29, 1.82) is 0 Å². The summed E-state index contributed by atoms with van der Waals surface area (Å²) in [5.41, 5.74) is 0.275. The Kier molecular flexibility index (Phi) is 7.07. The van der Waals surface area contributed by atoms with Crippen LogP contribution in [0.5, 0.6) is 0 Å². The lowest BCUT2D eigenvalue weighted by Crippen LogP contribution is -2.17. The number of thiazole rings is 1. The Morgan fingerprint density at radius 3 is 2.16 bits per heavy atom. The number of amides is 1. The Balaban J connectivity index is 2.18. The molecule has 0 spiro atoms. The molecule has 0 radical (unpaired) electrons. The first kappa shape index (κ1) is 23.6. The van der Waals surface area contributed by atoms with E-state index in [1.807, 2.05) is 24.5 Å². The Bertz CT molecular complexity index is 1280. The maximum atomic E-state index is 12.8. The molecule has 0 saturated carbocycles. The van der Waals surface area contributed by atoms with Gasteiger partial charge < -0.3 is 4.57 Å². The maximum Gasteiger partial charge on any atom is 0.280 e. The SMILES string of the molecule is CCc1sc(=NC(=O)c2cc([N+](=O)[O-])cc([N+](=O)[O-])c2)n(CC)c1-c1ccc(Cl)c(Cl)c1. The molecule has 1 amide bonds. The first-order valence-corrected chi connectivity index (χ1v) is 10.9. The van der Waals surface area contributed by atoms with Gasteiger partial charge in [0, 0.05) is 29.1 Å². The van der Waals surface area contributed by atoms with E-state index >= 15 is 0 Å². The van der Waals surface area contributed by atoms with Crippen molar-refractivity contribution in [3.8, 4) is 11.3 Å². The molecular weight excluding hydrogens is 479 g/mol. The number of nitro benzene ring substituents is 2. The fraction of sp³-hybridized carbons (Fsp3) is 0.200. The molecule has 32 heavy (non-hydrogen) atoms. The highest BCUT2D eigenvalue weighted by Crippen LogP contribution is 2.32. The standard InChI is InChI=1S/C20H16Cl2N4O5S/c1-3-17-18(11-5-6-15(21)16(22)9-11)24(4-2)20(32-17)23-19(27)12-7-13(25(28)29)10-14(8-12)26(30)31/h5-10H,3-4H2,1-2H3. The van der Waals surface area contributed by atoms with E-state index in [4.69, 9.17) is 23.2 Å². The van der Waals surface area contributed by atoms with Gasteiger partial charge in [0.2, 0.25) is 0 Å². The van der Waals surface area contributed by atoms with E-state index in [2.05, 4.69) is 4.99 Å². The number of halogens is 2. The molecule has 0 saturated heterocycles. The van der Waals surface area contributed by atoms with Crippen LogP contribution in [0.4, 0.5) is 11.4 Å². The van der Waals surface area contributed by atoms with Crippen molar-refractivity contribution >= 4 is 51.8 Å². The minimum absolute atomic E-state index is 0.240. The van der Waals surface area contributed by atoms with E-state index < -0.39 is 27.1 Å². The van der Waals surface area contributed by atoms with E-state index in [-0.39, 0.29) is 5.56 Å². The number of benzene rings is 2. The van der Waals surface area contributed by atoms with Crippen molar-refractivity contribution in [3.05, 3.63) is 81.9 Å². The largest absolute Gasteiger partial charge is 0.316 e. The van der Waals surface area contributed by atoms with Crippen LogP contribution in [0.3, 0.4) is 0 Å². The highest BCUT2D eigenvalue weighted by molar-refractivity contribution is 7.09. The summed E-state index contributed by atoms with van der Waals surface area (Å²) in [5.74, 6) is -0.816. The number of aromatic nitrogens is 1. The molecule has 12 heteroatoms. The summed E-state index contributed by atoms with van der Waals surface area (Å²) in [6, 6.07) is 7.98. The third-order valence-electron chi connectivity index (χ3n) is 4.58. The second kappa shape index (κ2) is 9.60. The predicted molar refractivity (Wildman–Crippen MR) is 122 cm³/mol. The Hall–Kier alpha value is -3.08. The Morgan fingerprint density at radius 2 is 1.66 bits per heavy atom. The molecule has 9 nitrogen and oxygen atoms in total. The van der Waals surface area contributed by atoms with Gasteiger partial charge in [-0.2, -0.15) is 4.99 Å². The first-order valence-electron chi connectivity index (χ1n) is 9.37. The van der Waals surface area contributed by atoms with Gasteiger partial charge in [-0.3, -0.25) is 25.0 Å². The molecule has 0 aliphatic heterocycles. The minimum atomic E-state index is -0.816. The van der Waals surface area contributed by atoms with Crippen LogP contribution in [0.1, 0.15) is 29.1 Å². The number of rotatable bonds is 6. The fourth-order valence-electron chi connectivity index (χ4n) is 3.12. The number of non-ortho nitro benzene ring substituents is 2.